The van der Waals surface area contributed by atoms with Gasteiger partial charge in [0.15, 0.2) is 6.10 Å². The molecule has 2 N–H and O–H groups in total. The highest BCUT2D eigenvalue weighted by Gasteiger charge is 2.22. The second-order valence-electron chi connectivity index (χ2n) is 5.32. The maximum absolute atomic E-state index is 12.5. The van der Waals surface area contributed by atoms with E-state index in [1.54, 1.807) is 48.5 Å². The lowest BCUT2D eigenvalue weighted by Crippen LogP contribution is -2.43. The van der Waals surface area contributed by atoms with Crippen molar-refractivity contribution in [3.63, 3.8) is 0 Å². The fraction of sp³-hybridized carbons (Fsp3) is 0.158. The summed E-state index contributed by atoms with van der Waals surface area (Å²) < 4.78 is 5.17. The molecule has 0 heterocycles. The van der Waals surface area contributed by atoms with Gasteiger partial charge in [-0.25, -0.2) is 9.59 Å². The van der Waals surface area contributed by atoms with Crippen LogP contribution < -0.4 is 10.6 Å². The number of carbonyl (C=O) groups excluding carboxylic acids is 3. The summed E-state index contributed by atoms with van der Waals surface area (Å²) >= 11 is 1.26. The number of benzene rings is 2. The Balaban J connectivity index is 2.17. The first-order chi connectivity index (χ1) is 13.0. The molecule has 0 aromatic heterocycles. The molecule has 0 radical (unpaired) electrons. The minimum absolute atomic E-state index is 0.259. The van der Waals surface area contributed by atoms with Crippen LogP contribution in [-0.2, 0) is 9.53 Å². The number of hydrogen-bond donors (Lipinski definition) is 2. The van der Waals surface area contributed by atoms with Crippen molar-refractivity contribution in [1.82, 2.24) is 10.6 Å². The Hall–Kier alpha value is -3.31. The monoisotopic (exact) mass is 383 g/mol. The van der Waals surface area contributed by atoms with Gasteiger partial charge >= 0.3 is 12.0 Å². The highest BCUT2D eigenvalue weighted by atomic mass is 32.2. The molecule has 7 nitrogen and oxygen atoms in total. The van der Waals surface area contributed by atoms with Crippen molar-refractivity contribution in [2.24, 2.45) is 0 Å². The van der Waals surface area contributed by atoms with Crippen molar-refractivity contribution in [3.8, 4) is 6.07 Å². The number of amides is 3. The molecule has 0 saturated carbocycles. The number of ether oxygens (including phenoxy) is 1. The van der Waals surface area contributed by atoms with Crippen LogP contribution in [0.15, 0.2) is 58.3 Å². The number of esters is 1. The fourth-order valence-corrected chi connectivity index (χ4v) is 3.06. The van der Waals surface area contributed by atoms with Crippen LogP contribution in [0.25, 0.3) is 0 Å². The van der Waals surface area contributed by atoms with Crippen LogP contribution in [0, 0.1) is 11.3 Å². The van der Waals surface area contributed by atoms with E-state index in [1.807, 2.05) is 5.32 Å². The van der Waals surface area contributed by atoms with Gasteiger partial charge in [-0.05, 0) is 31.2 Å². The number of nitrogens with zero attached hydrogens (tertiary/aromatic N) is 1. The Morgan fingerprint density at radius 2 is 1.70 bits per heavy atom. The maximum Gasteiger partial charge on any atom is 0.340 e. The van der Waals surface area contributed by atoms with E-state index < -0.39 is 24.0 Å². The topological polar surface area (TPSA) is 108 Å². The zero-order chi connectivity index (χ0) is 19.8. The predicted octanol–water partition coefficient (Wildman–Crippen LogP) is 2.71. The lowest BCUT2D eigenvalue weighted by molar-refractivity contribution is -0.127. The molecule has 0 aliphatic rings. The van der Waals surface area contributed by atoms with E-state index in [2.05, 4.69) is 11.4 Å². The van der Waals surface area contributed by atoms with Gasteiger partial charge in [-0.3, -0.25) is 10.1 Å². The normalized spacial score (nSPS) is 11.0. The van der Waals surface area contributed by atoms with Crippen molar-refractivity contribution >= 4 is 29.7 Å². The largest absolute Gasteiger partial charge is 0.449 e. The third kappa shape index (κ3) is 5.33. The van der Waals surface area contributed by atoms with Crippen LogP contribution in [0.2, 0.25) is 0 Å². The molecular formula is C19H17N3O4S. The van der Waals surface area contributed by atoms with Crippen molar-refractivity contribution in [2.75, 3.05) is 7.05 Å². The lowest BCUT2D eigenvalue weighted by atomic mass is 10.2. The van der Waals surface area contributed by atoms with Gasteiger partial charge in [0, 0.05) is 16.8 Å². The summed E-state index contributed by atoms with van der Waals surface area (Å²) in [5, 5.41) is 13.5. The van der Waals surface area contributed by atoms with Gasteiger partial charge in [-0.2, -0.15) is 5.26 Å². The van der Waals surface area contributed by atoms with Gasteiger partial charge in [0.05, 0.1) is 11.1 Å². The van der Waals surface area contributed by atoms with E-state index in [4.69, 9.17) is 4.74 Å². The summed E-state index contributed by atoms with van der Waals surface area (Å²) in [5.74, 6) is -1.44. The summed E-state index contributed by atoms with van der Waals surface area (Å²) in [6, 6.07) is 15.2. The number of imide groups is 1. The highest BCUT2D eigenvalue weighted by Crippen LogP contribution is 2.33. The van der Waals surface area contributed by atoms with Crippen molar-refractivity contribution < 1.29 is 19.1 Å². The molecule has 3 amide bonds. The highest BCUT2D eigenvalue weighted by molar-refractivity contribution is 7.99. The average molecular weight is 383 g/mol. The van der Waals surface area contributed by atoms with Gasteiger partial charge in [0.1, 0.15) is 6.07 Å². The number of rotatable bonds is 5. The van der Waals surface area contributed by atoms with Crippen LogP contribution in [0.4, 0.5) is 4.79 Å². The number of nitrogens with one attached hydrogen (secondary N) is 2. The van der Waals surface area contributed by atoms with Crippen LogP contribution >= 0.6 is 11.8 Å². The molecule has 0 aliphatic heterocycles. The summed E-state index contributed by atoms with van der Waals surface area (Å²) in [6.07, 6.45) is -1.15. The molecule has 0 bridgehead atoms. The molecule has 138 valence electrons. The molecule has 2 rings (SSSR count). The Morgan fingerprint density at radius 1 is 1.07 bits per heavy atom. The first-order valence-corrected chi connectivity index (χ1v) is 8.77. The molecule has 1 atom stereocenters. The Bertz CT molecular complexity index is 908. The number of urea groups is 1. The quantitative estimate of drug-likeness (QED) is 0.769. The molecule has 0 saturated heterocycles. The maximum atomic E-state index is 12.5. The third-order valence-corrected chi connectivity index (χ3v) is 4.60. The predicted molar refractivity (Wildman–Crippen MR) is 99.2 cm³/mol. The Labute approximate surface area is 160 Å². The molecule has 0 spiro atoms. The molecule has 2 aromatic carbocycles. The SMILES string of the molecule is CNC(=O)NC(=O)[C@H](C)OC(=O)c1ccccc1Sc1ccccc1C#N. The molecule has 8 heteroatoms. The van der Waals surface area contributed by atoms with E-state index >= 15 is 0 Å². The lowest BCUT2D eigenvalue weighted by Gasteiger charge is -2.14. The second kappa shape index (κ2) is 9.40. The smallest absolute Gasteiger partial charge is 0.340 e. The minimum atomic E-state index is -1.15. The van der Waals surface area contributed by atoms with Gasteiger partial charge < -0.3 is 10.1 Å². The van der Waals surface area contributed by atoms with E-state index in [9.17, 15) is 19.6 Å². The van der Waals surface area contributed by atoms with Gasteiger partial charge in [0.25, 0.3) is 5.91 Å². The first-order valence-electron chi connectivity index (χ1n) is 7.95. The second-order valence-corrected chi connectivity index (χ2v) is 6.41. The van der Waals surface area contributed by atoms with E-state index in [0.717, 1.165) is 0 Å². The van der Waals surface area contributed by atoms with Crippen molar-refractivity contribution in [2.45, 2.75) is 22.8 Å². The Morgan fingerprint density at radius 3 is 2.37 bits per heavy atom. The summed E-state index contributed by atoms with van der Waals surface area (Å²) in [7, 11) is 1.37. The molecule has 27 heavy (non-hydrogen) atoms. The van der Waals surface area contributed by atoms with E-state index in [1.165, 1.54) is 25.7 Å². The standard InChI is InChI=1S/C19H17N3O4S/c1-12(17(23)22-19(25)21-2)26-18(24)14-8-4-6-10-16(14)27-15-9-5-3-7-13(15)11-20/h3-10,12H,1-2H3,(H2,21,22,23,25)/t12-/m0/s1. The summed E-state index contributed by atoms with van der Waals surface area (Å²) in [6.45, 7) is 1.37. The zero-order valence-electron chi connectivity index (χ0n) is 14.7. The van der Waals surface area contributed by atoms with Crippen molar-refractivity contribution in [1.29, 1.82) is 5.26 Å². The number of hydrogen-bond acceptors (Lipinski definition) is 6. The van der Waals surface area contributed by atoms with Crippen LogP contribution in [-0.4, -0.2) is 31.1 Å². The van der Waals surface area contributed by atoms with Gasteiger partial charge in [-0.1, -0.05) is 36.0 Å². The van der Waals surface area contributed by atoms with Crippen LogP contribution in [0.5, 0.6) is 0 Å². The summed E-state index contributed by atoms with van der Waals surface area (Å²) in [5.41, 5.74) is 0.749. The molecule has 0 unspecified atom stereocenters. The first kappa shape index (κ1) is 20.0. The average Bonchev–Trinajstić information content (AvgIpc) is 2.68. The minimum Gasteiger partial charge on any atom is -0.449 e. The van der Waals surface area contributed by atoms with Crippen LogP contribution in [0.3, 0.4) is 0 Å². The van der Waals surface area contributed by atoms with Crippen molar-refractivity contribution in [3.05, 3.63) is 59.7 Å². The van der Waals surface area contributed by atoms with Crippen LogP contribution in [0.1, 0.15) is 22.8 Å². The fourth-order valence-electron chi connectivity index (χ4n) is 2.04. The van der Waals surface area contributed by atoms with Gasteiger partial charge in [-0.15, -0.1) is 0 Å². The van der Waals surface area contributed by atoms with E-state index in [-0.39, 0.29) is 5.56 Å². The molecule has 0 aliphatic carbocycles. The Kier molecular flexibility index (Phi) is 6.97. The van der Waals surface area contributed by atoms with Gasteiger partial charge in [0.2, 0.25) is 0 Å². The molecule has 2 aromatic rings. The number of carbonyl (C=O) groups is 3. The zero-order valence-corrected chi connectivity index (χ0v) is 15.5. The van der Waals surface area contributed by atoms with E-state index in [0.29, 0.717) is 15.4 Å². The third-order valence-electron chi connectivity index (χ3n) is 3.45. The molecule has 0 fully saturated rings. The molecular weight excluding hydrogens is 366 g/mol. The summed E-state index contributed by atoms with van der Waals surface area (Å²) in [4.78, 5) is 36.8. The number of nitriles is 1.